The van der Waals surface area contributed by atoms with Crippen molar-refractivity contribution in [1.29, 1.82) is 0 Å². The van der Waals surface area contributed by atoms with Crippen LogP contribution in [0.25, 0.3) is 0 Å². The molecule has 3 unspecified atom stereocenters. The molecule has 0 aromatic carbocycles. The van der Waals surface area contributed by atoms with Gasteiger partial charge in [0.15, 0.2) is 0 Å². The second-order valence-corrected chi connectivity index (χ2v) is 8.71. The van der Waals surface area contributed by atoms with E-state index in [0.717, 1.165) is 37.7 Å². The standard InChI is InChI=1S/C13H20O2.C8H12O4.C4H6O2/c1-5-11(14)15-10-8-9-6-7-13(10,4)12(9,2)3;1-2-3-6-12-8(11)5-4-7(9)10;1-3-6-4(2)5/h5,9-10H,1,6-8H2,2-4H3;4-5H,2-3,6H2,1H3,(H,9,10);3H,1H2,2H3/b;5-4-;. The number of ether oxygens (including phenoxy) is 3. The second kappa shape index (κ2) is 14.3. The van der Waals surface area contributed by atoms with E-state index in [1.165, 1.54) is 25.8 Å². The van der Waals surface area contributed by atoms with Crippen molar-refractivity contribution in [3.63, 3.8) is 0 Å². The van der Waals surface area contributed by atoms with Crippen LogP contribution in [0.15, 0.2) is 37.6 Å². The van der Waals surface area contributed by atoms with Crippen LogP contribution in [0.5, 0.6) is 0 Å². The number of carboxylic acid groups (broad SMARTS) is 1. The molecular formula is C25H38O8. The van der Waals surface area contributed by atoms with Gasteiger partial charge in [-0.3, -0.25) is 4.79 Å². The fourth-order valence-electron chi connectivity index (χ4n) is 4.12. The lowest BCUT2D eigenvalue weighted by Crippen LogP contribution is -2.38. The molecule has 0 aromatic heterocycles. The third kappa shape index (κ3) is 9.63. The molecule has 0 spiro atoms. The van der Waals surface area contributed by atoms with Crippen LogP contribution < -0.4 is 0 Å². The summed E-state index contributed by atoms with van der Waals surface area (Å²) in [5.74, 6) is -1.65. The molecule has 2 aliphatic carbocycles. The van der Waals surface area contributed by atoms with E-state index in [1.54, 1.807) is 0 Å². The molecule has 33 heavy (non-hydrogen) atoms. The molecule has 0 aliphatic heterocycles. The molecule has 2 rings (SSSR count). The van der Waals surface area contributed by atoms with Crippen LogP contribution in [0.2, 0.25) is 0 Å². The first kappa shape index (κ1) is 30.1. The lowest BCUT2D eigenvalue weighted by atomic mass is 9.70. The largest absolute Gasteiger partial charge is 0.478 e. The number of fused-ring (bicyclic) bond motifs is 2. The first-order valence-electron chi connectivity index (χ1n) is 11.0. The topological polar surface area (TPSA) is 116 Å². The summed E-state index contributed by atoms with van der Waals surface area (Å²) in [5.41, 5.74) is 0.468. The maximum absolute atomic E-state index is 11.3. The van der Waals surface area contributed by atoms with Gasteiger partial charge in [-0.2, -0.15) is 0 Å². The van der Waals surface area contributed by atoms with Gasteiger partial charge in [0, 0.05) is 30.6 Å². The van der Waals surface area contributed by atoms with E-state index >= 15 is 0 Å². The van der Waals surface area contributed by atoms with E-state index < -0.39 is 11.9 Å². The molecule has 0 saturated heterocycles. The van der Waals surface area contributed by atoms with Crippen molar-refractivity contribution in [3.8, 4) is 0 Å². The predicted octanol–water partition coefficient (Wildman–Crippen LogP) is 4.59. The molecule has 8 heteroatoms. The average molecular weight is 467 g/mol. The van der Waals surface area contributed by atoms with E-state index in [-0.39, 0.29) is 23.5 Å². The Kier molecular flexibility index (Phi) is 13.0. The molecule has 3 atom stereocenters. The van der Waals surface area contributed by atoms with Gasteiger partial charge in [-0.15, -0.1) is 0 Å². The molecule has 186 valence electrons. The first-order chi connectivity index (χ1) is 15.3. The van der Waals surface area contributed by atoms with Gasteiger partial charge in [0.1, 0.15) is 6.10 Å². The van der Waals surface area contributed by atoms with Gasteiger partial charge in [-0.1, -0.05) is 47.3 Å². The summed E-state index contributed by atoms with van der Waals surface area (Å²) in [7, 11) is 0. The predicted molar refractivity (Wildman–Crippen MR) is 124 cm³/mol. The van der Waals surface area contributed by atoms with Crippen molar-refractivity contribution in [3.05, 3.63) is 37.6 Å². The zero-order valence-electron chi connectivity index (χ0n) is 20.4. The Bertz CT molecular complexity index is 737. The average Bonchev–Trinajstić information content (AvgIpc) is 3.07. The minimum absolute atomic E-state index is 0.0942. The monoisotopic (exact) mass is 466 g/mol. The van der Waals surface area contributed by atoms with Crippen LogP contribution >= 0.6 is 0 Å². The van der Waals surface area contributed by atoms with Crippen molar-refractivity contribution in [1.82, 2.24) is 0 Å². The van der Waals surface area contributed by atoms with Crippen molar-refractivity contribution in [2.75, 3.05) is 6.61 Å². The van der Waals surface area contributed by atoms with Gasteiger partial charge in [0.2, 0.25) is 0 Å². The Morgan fingerprint density at radius 1 is 1.09 bits per heavy atom. The molecule has 2 saturated carbocycles. The van der Waals surface area contributed by atoms with Crippen molar-refractivity contribution < 1.29 is 38.5 Å². The molecule has 1 N–H and O–H groups in total. The third-order valence-electron chi connectivity index (χ3n) is 6.49. The molecule has 0 radical (unpaired) electrons. The molecule has 2 aliphatic rings. The number of carboxylic acids is 1. The van der Waals surface area contributed by atoms with Gasteiger partial charge < -0.3 is 19.3 Å². The SMILES string of the molecule is C=CC(=O)OC1CC2CCC1(C)C2(C)C.C=COC(C)=O.CCCCOC(=O)/C=C\C(=O)O. The number of esters is 3. The van der Waals surface area contributed by atoms with Gasteiger partial charge in [0.05, 0.1) is 12.9 Å². The van der Waals surface area contributed by atoms with Crippen LogP contribution in [0.1, 0.15) is 66.7 Å². The Hall–Kier alpha value is -2.90. The molecule has 2 fully saturated rings. The fraction of sp³-hybridized carbons (Fsp3) is 0.600. The fourth-order valence-corrected chi connectivity index (χ4v) is 4.12. The Balaban J connectivity index is 0.000000511. The van der Waals surface area contributed by atoms with E-state index in [4.69, 9.17) is 9.84 Å². The number of rotatable bonds is 8. The summed E-state index contributed by atoms with van der Waals surface area (Å²) in [6, 6.07) is 0. The van der Waals surface area contributed by atoms with Crippen LogP contribution in [-0.2, 0) is 33.4 Å². The molecule has 2 bridgehead atoms. The van der Waals surface area contributed by atoms with E-state index in [9.17, 15) is 19.2 Å². The summed E-state index contributed by atoms with van der Waals surface area (Å²) >= 11 is 0. The quantitative estimate of drug-likeness (QED) is 0.181. The highest BCUT2D eigenvalue weighted by Crippen LogP contribution is 2.66. The lowest BCUT2D eigenvalue weighted by Gasteiger charge is -2.38. The first-order valence-corrected chi connectivity index (χ1v) is 11.0. The van der Waals surface area contributed by atoms with E-state index in [2.05, 4.69) is 43.4 Å². The number of carbonyl (C=O) groups excluding carboxylic acids is 3. The Morgan fingerprint density at radius 3 is 2.09 bits per heavy atom. The summed E-state index contributed by atoms with van der Waals surface area (Å²) in [5, 5.41) is 8.14. The zero-order chi connectivity index (χ0) is 25.7. The Labute approximate surface area is 196 Å². The van der Waals surface area contributed by atoms with Crippen molar-refractivity contribution in [2.45, 2.75) is 72.8 Å². The molecule has 8 nitrogen and oxygen atoms in total. The number of hydrogen-bond donors (Lipinski definition) is 1. The number of hydrogen-bond acceptors (Lipinski definition) is 7. The highest BCUT2D eigenvalue weighted by Gasteiger charge is 2.62. The van der Waals surface area contributed by atoms with Crippen LogP contribution in [0.3, 0.4) is 0 Å². The van der Waals surface area contributed by atoms with Crippen LogP contribution in [0, 0.1) is 16.7 Å². The Morgan fingerprint density at radius 2 is 1.73 bits per heavy atom. The van der Waals surface area contributed by atoms with Gasteiger partial charge >= 0.3 is 23.9 Å². The molecule has 0 amide bonds. The van der Waals surface area contributed by atoms with E-state index in [0.29, 0.717) is 17.9 Å². The summed E-state index contributed by atoms with van der Waals surface area (Å²) < 4.78 is 14.3. The second-order valence-electron chi connectivity index (χ2n) is 8.71. The smallest absolute Gasteiger partial charge is 0.331 e. The summed E-state index contributed by atoms with van der Waals surface area (Å²) in [6.45, 7) is 17.1. The van der Waals surface area contributed by atoms with Crippen molar-refractivity contribution in [2.24, 2.45) is 16.7 Å². The highest BCUT2D eigenvalue weighted by molar-refractivity contribution is 5.90. The highest BCUT2D eigenvalue weighted by atomic mass is 16.5. The van der Waals surface area contributed by atoms with Crippen LogP contribution in [0.4, 0.5) is 0 Å². The number of aliphatic carboxylic acids is 1. The minimum atomic E-state index is -1.15. The summed E-state index contributed by atoms with van der Waals surface area (Å²) in [4.78, 5) is 41.6. The maximum atomic E-state index is 11.3. The van der Waals surface area contributed by atoms with Gasteiger partial charge in [-0.25, -0.2) is 14.4 Å². The summed E-state index contributed by atoms with van der Waals surface area (Å²) in [6.07, 6.45) is 9.35. The number of unbranched alkanes of at least 4 members (excludes halogenated alkanes) is 1. The van der Waals surface area contributed by atoms with Gasteiger partial charge in [-0.05, 0) is 37.0 Å². The molecule has 0 aromatic rings. The third-order valence-corrected chi connectivity index (χ3v) is 6.49. The van der Waals surface area contributed by atoms with Gasteiger partial charge in [0.25, 0.3) is 0 Å². The zero-order valence-corrected chi connectivity index (χ0v) is 20.4. The molecular weight excluding hydrogens is 428 g/mol. The minimum Gasteiger partial charge on any atom is -0.478 e. The van der Waals surface area contributed by atoms with Crippen LogP contribution in [-0.4, -0.2) is 41.7 Å². The van der Waals surface area contributed by atoms with Crippen molar-refractivity contribution >= 4 is 23.9 Å². The maximum Gasteiger partial charge on any atom is 0.331 e. The lowest BCUT2D eigenvalue weighted by molar-refractivity contribution is -0.150. The number of carbonyl (C=O) groups is 4. The molecule has 0 heterocycles. The van der Waals surface area contributed by atoms with E-state index in [1.807, 2.05) is 6.92 Å². The normalized spacial score (nSPS) is 23.8.